The molecule has 2 aromatic heterocycles. The van der Waals surface area contributed by atoms with Crippen molar-refractivity contribution in [3.8, 4) is 11.3 Å². The Morgan fingerprint density at radius 2 is 1.88 bits per heavy atom. The van der Waals surface area contributed by atoms with E-state index in [1.54, 1.807) is 4.68 Å². The summed E-state index contributed by atoms with van der Waals surface area (Å²) in [4.78, 5) is 18.6. The van der Waals surface area contributed by atoms with Crippen LogP contribution in [0.25, 0.3) is 11.3 Å². The maximum Gasteiger partial charge on any atom is 0.417 e. The van der Waals surface area contributed by atoms with Crippen LogP contribution in [0.3, 0.4) is 0 Å². The Labute approximate surface area is 293 Å². The standard InChI is InChI=1S/C32H45F3N8O5S2/c1-50(47,48)42-12-8-27-25(19-42)29(39-43(27)18-24(45)17-41-10-6-22(7-11-41)30-36-31(46)38-37-30)23-4-5-26(32(33,34)35)28(15-23)49-14-13-40-9-2-3-21(16-40)20-44/h4-5,15,21-22,24,44-45H,2-3,6-14,16-20H2,1H3,(H2,36,37,38,46). The van der Waals surface area contributed by atoms with Crippen LogP contribution in [0.15, 0.2) is 27.9 Å². The predicted octanol–water partition coefficient (Wildman–Crippen LogP) is 2.33. The zero-order valence-corrected chi connectivity index (χ0v) is 29.7. The number of hydrogen-bond donors (Lipinski definition) is 4. The number of likely N-dealkylation sites (tertiary alicyclic amines) is 2. The van der Waals surface area contributed by atoms with Crippen molar-refractivity contribution in [3.05, 3.63) is 51.3 Å². The summed E-state index contributed by atoms with van der Waals surface area (Å²) in [6.45, 7) is 4.45. The van der Waals surface area contributed by atoms with Gasteiger partial charge in [-0.25, -0.2) is 18.3 Å². The van der Waals surface area contributed by atoms with E-state index in [9.17, 15) is 36.6 Å². The molecule has 0 saturated carbocycles. The maximum absolute atomic E-state index is 14.2. The first-order valence-electron chi connectivity index (χ1n) is 17.0. The lowest BCUT2D eigenvalue weighted by Crippen LogP contribution is -2.40. The van der Waals surface area contributed by atoms with Crippen molar-refractivity contribution in [2.75, 3.05) is 64.4 Å². The first kappa shape index (κ1) is 37.0. The van der Waals surface area contributed by atoms with Crippen LogP contribution in [0, 0.1) is 5.92 Å². The quantitative estimate of drug-likeness (QED) is 0.203. The molecule has 18 heteroatoms. The molecule has 4 N–H and O–H groups in total. The number of fused-ring (bicyclic) bond motifs is 1. The molecule has 276 valence electrons. The fourth-order valence-electron chi connectivity index (χ4n) is 7.36. The largest absolute Gasteiger partial charge is 0.417 e. The van der Waals surface area contributed by atoms with Gasteiger partial charge in [-0.1, -0.05) is 6.07 Å². The molecule has 0 amide bonds. The zero-order chi connectivity index (χ0) is 35.6. The van der Waals surface area contributed by atoms with Gasteiger partial charge >= 0.3 is 11.9 Å². The van der Waals surface area contributed by atoms with Gasteiger partial charge in [0.1, 0.15) is 5.82 Å². The van der Waals surface area contributed by atoms with Gasteiger partial charge in [-0.3, -0.25) is 9.67 Å². The summed E-state index contributed by atoms with van der Waals surface area (Å²) in [6, 6.07) is 3.96. The lowest BCUT2D eigenvalue weighted by atomic mass is 9.96. The molecule has 1 aromatic carbocycles. The average molecular weight is 743 g/mol. The van der Waals surface area contributed by atoms with Crippen LogP contribution in [0.1, 0.15) is 54.2 Å². The van der Waals surface area contributed by atoms with Crippen molar-refractivity contribution in [2.45, 2.75) is 68.3 Å². The van der Waals surface area contributed by atoms with Crippen molar-refractivity contribution in [1.29, 1.82) is 0 Å². The van der Waals surface area contributed by atoms with E-state index in [0.717, 1.165) is 68.6 Å². The van der Waals surface area contributed by atoms with Crippen LogP contribution in [0.5, 0.6) is 0 Å². The van der Waals surface area contributed by atoms with Gasteiger partial charge in [-0.15, -0.1) is 11.8 Å². The number of aliphatic hydroxyl groups excluding tert-OH is 2. The number of β-amino-alcohol motifs (C(OH)–C–C–N with tert-alkyl or cyclic N) is 1. The number of halogens is 3. The fraction of sp³-hybridized carbons (Fsp3) is 0.656. The first-order chi connectivity index (χ1) is 23.8. The Kier molecular flexibility index (Phi) is 11.5. The third-order valence-corrected chi connectivity index (χ3v) is 12.3. The average Bonchev–Trinajstić information content (AvgIpc) is 3.67. The topological polar surface area (TPSA) is 164 Å². The number of benzene rings is 1. The third-order valence-electron chi connectivity index (χ3n) is 10.0. The Hall–Kier alpha value is -2.74. The molecule has 3 aliphatic heterocycles. The minimum atomic E-state index is -4.56. The zero-order valence-electron chi connectivity index (χ0n) is 28.0. The van der Waals surface area contributed by atoms with Crippen LogP contribution in [0.2, 0.25) is 0 Å². The molecule has 0 bridgehead atoms. The van der Waals surface area contributed by atoms with Crippen molar-refractivity contribution in [2.24, 2.45) is 5.92 Å². The number of nitrogens with one attached hydrogen (secondary N) is 2. The number of hydrogen-bond acceptors (Lipinski definition) is 10. The molecule has 0 radical (unpaired) electrons. The molecular formula is C32H45F3N8O5S2. The van der Waals surface area contributed by atoms with Crippen molar-refractivity contribution >= 4 is 21.8 Å². The molecule has 5 heterocycles. The molecule has 13 nitrogen and oxygen atoms in total. The molecule has 6 rings (SSSR count). The monoisotopic (exact) mass is 742 g/mol. The molecule has 3 aromatic rings. The molecule has 2 atom stereocenters. The van der Waals surface area contributed by atoms with E-state index < -0.39 is 27.9 Å². The van der Waals surface area contributed by atoms with Crippen LogP contribution >= 0.6 is 11.8 Å². The Morgan fingerprint density at radius 3 is 2.56 bits per heavy atom. The summed E-state index contributed by atoms with van der Waals surface area (Å²) < 4.78 is 70.6. The van der Waals surface area contributed by atoms with Gasteiger partial charge in [0.25, 0.3) is 0 Å². The first-order valence-corrected chi connectivity index (χ1v) is 19.9. The number of piperidine rings is 2. The normalized spacial score (nSPS) is 21.0. The Balaban J connectivity index is 1.21. The maximum atomic E-state index is 14.2. The molecule has 2 saturated heterocycles. The number of nitrogens with zero attached hydrogens (tertiary/aromatic N) is 6. The summed E-state index contributed by atoms with van der Waals surface area (Å²) in [5.41, 5.74) is 1.18. The molecule has 2 unspecified atom stereocenters. The summed E-state index contributed by atoms with van der Waals surface area (Å²) in [5.74, 6) is 1.37. The van der Waals surface area contributed by atoms with Gasteiger partial charge in [-0.2, -0.15) is 27.7 Å². The Bertz CT molecular complexity index is 1790. The van der Waals surface area contributed by atoms with E-state index in [-0.39, 0.29) is 48.7 Å². The van der Waals surface area contributed by atoms with Gasteiger partial charge in [-0.05, 0) is 63.4 Å². The third kappa shape index (κ3) is 8.82. The van der Waals surface area contributed by atoms with Gasteiger partial charge in [0, 0.05) is 79.1 Å². The molecule has 0 aliphatic carbocycles. The fourth-order valence-corrected chi connectivity index (χ4v) is 9.27. The number of rotatable bonds is 12. The van der Waals surface area contributed by atoms with E-state index in [1.165, 1.54) is 16.4 Å². The number of thioether (sulfide) groups is 1. The van der Waals surface area contributed by atoms with Gasteiger partial charge < -0.3 is 20.0 Å². The second-order valence-corrected chi connectivity index (χ2v) is 16.8. The summed E-state index contributed by atoms with van der Waals surface area (Å²) in [7, 11) is -3.55. The SMILES string of the molecule is CS(=O)(=O)N1CCc2c(c(-c3ccc(C(F)(F)F)c(SCCN4CCCC(CO)C4)c3)nn2CC(O)CN2CCC(c3n[nH]c(=O)[nH]3)CC2)C1. The Morgan fingerprint density at radius 1 is 1.10 bits per heavy atom. The van der Waals surface area contributed by atoms with E-state index in [4.69, 9.17) is 5.10 Å². The number of alkyl halides is 3. The number of sulfonamides is 1. The highest BCUT2D eigenvalue weighted by atomic mass is 32.2. The van der Waals surface area contributed by atoms with Crippen LogP contribution in [-0.2, 0) is 35.7 Å². The number of aromatic nitrogens is 5. The summed E-state index contributed by atoms with van der Waals surface area (Å²) in [5, 5.41) is 32.0. The van der Waals surface area contributed by atoms with E-state index in [0.29, 0.717) is 61.0 Å². The number of H-pyrrole nitrogens is 2. The highest BCUT2D eigenvalue weighted by Gasteiger charge is 2.35. The highest BCUT2D eigenvalue weighted by Crippen LogP contribution is 2.40. The van der Waals surface area contributed by atoms with Crippen molar-refractivity contribution in [1.82, 2.24) is 39.1 Å². The van der Waals surface area contributed by atoms with Gasteiger partial charge in [0.05, 0.1) is 30.2 Å². The lowest BCUT2D eigenvalue weighted by molar-refractivity contribution is -0.139. The molecular weight excluding hydrogens is 698 g/mol. The molecule has 50 heavy (non-hydrogen) atoms. The van der Waals surface area contributed by atoms with Crippen molar-refractivity contribution < 1.29 is 31.8 Å². The molecule has 0 spiro atoms. The minimum Gasteiger partial charge on any atom is -0.396 e. The van der Waals surface area contributed by atoms with Crippen LogP contribution < -0.4 is 5.69 Å². The highest BCUT2D eigenvalue weighted by molar-refractivity contribution is 7.99. The molecule has 2 fully saturated rings. The predicted molar refractivity (Wildman–Crippen MR) is 182 cm³/mol. The minimum absolute atomic E-state index is 0.0346. The van der Waals surface area contributed by atoms with Crippen molar-refractivity contribution in [3.63, 3.8) is 0 Å². The lowest BCUT2D eigenvalue weighted by Gasteiger charge is -2.32. The van der Waals surface area contributed by atoms with Gasteiger partial charge in [0.2, 0.25) is 10.0 Å². The van der Waals surface area contributed by atoms with E-state index in [2.05, 4.69) is 25.0 Å². The van der Waals surface area contributed by atoms with E-state index >= 15 is 0 Å². The number of aromatic amines is 2. The second kappa shape index (κ2) is 15.5. The second-order valence-electron chi connectivity index (χ2n) is 13.6. The van der Waals surface area contributed by atoms with Crippen LogP contribution in [0.4, 0.5) is 13.2 Å². The molecule has 3 aliphatic rings. The van der Waals surface area contributed by atoms with Gasteiger partial charge in [0.15, 0.2) is 0 Å². The number of aliphatic hydroxyl groups is 2. The smallest absolute Gasteiger partial charge is 0.396 e. The van der Waals surface area contributed by atoms with Crippen LogP contribution in [-0.4, -0.2) is 128 Å². The van der Waals surface area contributed by atoms with E-state index in [1.807, 2.05) is 0 Å². The summed E-state index contributed by atoms with van der Waals surface area (Å²) >= 11 is 1.13. The summed E-state index contributed by atoms with van der Waals surface area (Å²) in [6.07, 6.45) is -0.454.